The zero-order chi connectivity index (χ0) is 19.0. The Morgan fingerprint density at radius 3 is 2.27 bits per heavy atom. The van der Waals surface area contributed by atoms with Gasteiger partial charge in [-0.1, -0.05) is 44.7 Å². The molecule has 0 saturated heterocycles. The molecular weight excluding hydrogens is 482 g/mol. The molecule has 0 heterocycles. The van der Waals surface area contributed by atoms with Crippen molar-refractivity contribution in [1.29, 1.82) is 0 Å². The summed E-state index contributed by atoms with van der Waals surface area (Å²) in [5.41, 5.74) is 0. The number of hydrogen-bond donors (Lipinski definition) is 0. The second-order valence-electron chi connectivity index (χ2n) is 6.88. The fourth-order valence-electron chi connectivity index (χ4n) is 3.34. The van der Waals surface area contributed by atoms with Crippen molar-refractivity contribution >= 4 is 41.9 Å². The number of unbranched alkanes of at least 4 members (excludes halogenated alkanes) is 3. The Bertz CT molecular complexity index is 629. The zero-order valence-electron chi connectivity index (χ0n) is 15.4. The van der Waals surface area contributed by atoms with Crippen LogP contribution in [0.1, 0.15) is 51.4 Å². The van der Waals surface area contributed by atoms with Gasteiger partial charge >= 0.3 is 0 Å². The first kappa shape index (κ1) is 22.3. The molecule has 0 atom stereocenters. The third kappa shape index (κ3) is 6.59. The lowest BCUT2D eigenvalue weighted by Crippen LogP contribution is -2.40. The summed E-state index contributed by atoms with van der Waals surface area (Å²) < 4.78 is 34.0. The molecule has 1 aliphatic rings. The first-order valence-electron chi connectivity index (χ1n) is 9.36. The molecule has 1 aromatic rings. The Morgan fingerprint density at radius 2 is 1.65 bits per heavy atom. The van der Waals surface area contributed by atoms with Gasteiger partial charge in [0.05, 0.1) is 11.0 Å². The maximum absolute atomic E-state index is 12.8. The standard InChI is InChI=1S/C19H29Br2NO3S/c1-22(26(23,24)19-12-6-16(21)7-13-19)17-8-10-18(11-9-17)25-15-5-3-2-4-14-20/h6-7,12-13,17-18H,2-5,8-11,14-15H2,1H3. The highest BCUT2D eigenvalue weighted by molar-refractivity contribution is 9.10. The molecule has 0 aliphatic heterocycles. The first-order valence-corrected chi connectivity index (χ1v) is 12.7. The van der Waals surface area contributed by atoms with E-state index in [4.69, 9.17) is 4.74 Å². The van der Waals surface area contributed by atoms with Crippen LogP contribution >= 0.6 is 31.9 Å². The summed E-state index contributed by atoms with van der Waals surface area (Å²) >= 11 is 6.80. The summed E-state index contributed by atoms with van der Waals surface area (Å²) in [6.45, 7) is 0.824. The maximum atomic E-state index is 12.8. The molecule has 0 aromatic heterocycles. The molecule has 0 spiro atoms. The summed E-state index contributed by atoms with van der Waals surface area (Å²) in [6, 6.07) is 6.90. The molecule has 1 aliphatic carbocycles. The first-order chi connectivity index (χ1) is 12.4. The van der Waals surface area contributed by atoms with Crippen LogP contribution in [-0.4, -0.2) is 43.9 Å². The van der Waals surface area contributed by atoms with Crippen molar-refractivity contribution < 1.29 is 13.2 Å². The average Bonchev–Trinajstić information content (AvgIpc) is 2.65. The molecule has 7 heteroatoms. The lowest BCUT2D eigenvalue weighted by Gasteiger charge is -2.34. The smallest absolute Gasteiger partial charge is 0.243 e. The van der Waals surface area contributed by atoms with Crippen LogP contribution in [0.25, 0.3) is 0 Å². The molecule has 0 N–H and O–H groups in total. The van der Waals surface area contributed by atoms with Crippen molar-refractivity contribution in [2.45, 2.75) is 68.4 Å². The number of alkyl halides is 1. The second kappa shape index (κ2) is 11.1. The van der Waals surface area contributed by atoms with Crippen LogP contribution in [0.3, 0.4) is 0 Å². The molecule has 26 heavy (non-hydrogen) atoms. The number of rotatable bonds is 10. The average molecular weight is 511 g/mol. The molecule has 1 saturated carbocycles. The molecule has 4 nitrogen and oxygen atoms in total. The summed E-state index contributed by atoms with van der Waals surface area (Å²) in [4.78, 5) is 0.352. The van der Waals surface area contributed by atoms with Gasteiger partial charge in [-0.15, -0.1) is 0 Å². The normalized spacial score (nSPS) is 21.2. The number of halogens is 2. The topological polar surface area (TPSA) is 46.6 Å². The van der Waals surface area contributed by atoms with Gasteiger partial charge in [0, 0.05) is 29.5 Å². The third-order valence-corrected chi connectivity index (χ3v) is 8.04. The minimum Gasteiger partial charge on any atom is -0.378 e. The van der Waals surface area contributed by atoms with Crippen molar-refractivity contribution in [3.05, 3.63) is 28.7 Å². The quantitative estimate of drug-likeness (QED) is 0.314. The van der Waals surface area contributed by atoms with Crippen molar-refractivity contribution in [1.82, 2.24) is 4.31 Å². The summed E-state index contributed by atoms with van der Waals surface area (Å²) in [6.07, 6.45) is 8.69. The third-order valence-electron chi connectivity index (χ3n) is 5.03. The van der Waals surface area contributed by atoms with Crippen molar-refractivity contribution in [3.8, 4) is 0 Å². The van der Waals surface area contributed by atoms with Crippen LogP contribution in [-0.2, 0) is 14.8 Å². The van der Waals surface area contributed by atoms with E-state index in [0.717, 1.165) is 48.5 Å². The van der Waals surface area contributed by atoms with Gasteiger partial charge in [-0.2, -0.15) is 4.31 Å². The van der Waals surface area contributed by atoms with Crippen molar-refractivity contribution in [2.75, 3.05) is 19.0 Å². The highest BCUT2D eigenvalue weighted by Crippen LogP contribution is 2.28. The van der Waals surface area contributed by atoms with Crippen molar-refractivity contribution in [2.24, 2.45) is 0 Å². The van der Waals surface area contributed by atoms with Crippen LogP contribution in [0.4, 0.5) is 0 Å². The highest BCUT2D eigenvalue weighted by atomic mass is 79.9. The summed E-state index contributed by atoms with van der Waals surface area (Å²) in [7, 11) is -1.73. The Hall–Kier alpha value is 0.0500. The molecule has 0 amide bonds. The van der Waals surface area contributed by atoms with Crippen LogP contribution in [0, 0.1) is 0 Å². The van der Waals surface area contributed by atoms with Gasteiger partial charge in [0.1, 0.15) is 0 Å². The van der Waals surface area contributed by atoms with Gasteiger partial charge in [-0.3, -0.25) is 0 Å². The molecule has 0 bridgehead atoms. The molecule has 0 unspecified atom stereocenters. The Labute approximate surface area is 175 Å². The van der Waals surface area contributed by atoms with Crippen LogP contribution in [0.2, 0.25) is 0 Å². The van der Waals surface area contributed by atoms with E-state index >= 15 is 0 Å². The van der Waals surface area contributed by atoms with E-state index in [2.05, 4.69) is 31.9 Å². The minimum atomic E-state index is -3.43. The van der Waals surface area contributed by atoms with E-state index in [1.807, 2.05) is 0 Å². The second-order valence-corrected chi connectivity index (χ2v) is 10.6. The van der Waals surface area contributed by atoms with Crippen LogP contribution in [0.5, 0.6) is 0 Å². The molecular formula is C19H29Br2NO3S. The number of benzene rings is 1. The van der Waals surface area contributed by atoms with Crippen molar-refractivity contribution in [3.63, 3.8) is 0 Å². The molecule has 148 valence electrons. The SMILES string of the molecule is CN(C1CCC(OCCCCCCBr)CC1)S(=O)(=O)c1ccc(Br)cc1. The maximum Gasteiger partial charge on any atom is 0.243 e. The molecule has 1 fully saturated rings. The molecule has 1 aromatic carbocycles. The Kier molecular flexibility index (Phi) is 9.58. The predicted octanol–water partition coefficient (Wildman–Crippen LogP) is 5.35. The van der Waals surface area contributed by atoms with Gasteiger partial charge < -0.3 is 4.74 Å². The largest absolute Gasteiger partial charge is 0.378 e. The van der Waals surface area contributed by atoms with Crippen LogP contribution < -0.4 is 0 Å². The van der Waals surface area contributed by atoms with Crippen LogP contribution in [0.15, 0.2) is 33.6 Å². The highest BCUT2D eigenvalue weighted by Gasteiger charge is 2.31. The monoisotopic (exact) mass is 509 g/mol. The van der Waals surface area contributed by atoms with E-state index in [9.17, 15) is 8.42 Å². The fourth-order valence-corrected chi connectivity index (χ4v) is 5.42. The lowest BCUT2D eigenvalue weighted by molar-refractivity contribution is 0.0157. The molecule has 0 radical (unpaired) electrons. The van der Waals surface area contributed by atoms with E-state index in [1.54, 1.807) is 35.6 Å². The number of hydrogen-bond acceptors (Lipinski definition) is 3. The van der Waals surface area contributed by atoms with E-state index < -0.39 is 10.0 Å². The van der Waals surface area contributed by atoms with Gasteiger partial charge in [-0.25, -0.2) is 8.42 Å². The summed E-state index contributed by atoms with van der Waals surface area (Å²) in [5, 5.41) is 1.08. The van der Waals surface area contributed by atoms with E-state index in [-0.39, 0.29) is 12.1 Å². The van der Waals surface area contributed by atoms with E-state index in [1.165, 1.54) is 19.3 Å². The van der Waals surface area contributed by atoms with Gasteiger partial charge in [0.25, 0.3) is 0 Å². The van der Waals surface area contributed by atoms with E-state index in [0.29, 0.717) is 4.90 Å². The zero-order valence-corrected chi connectivity index (χ0v) is 19.4. The Morgan fingerprint density at radius 1 is 1.04 bits per heavy atom. The summed E-state index contributed by atoms with van der Waals surface area (Å²) in [5.74, 6) is 0. The number of nitrogens with zero attached hydrogens (tertiary/aromatic N) is 1. The number of ether oxygens (including phenoxy) is 1. The fraction of sp³-hybridized carbons (Fsp3) is 0.684. The van der Waals surface area contributed by atoms with Gasteiger partial charge in [0.15, 0.2) is 0 Å². The lowest BCUT2D eigenvalue weighted by atomic mass is 9.93. The van der Waals surface area contributed by atoms with Gasteiger partial charge in [0.2, 0.25) is 10.0 Å². The molecule has 2 rings (SSSR count). The van der Waals surface area contributed by atoms with Gasteiger partial charge in [-0.05, 0) is 62.8 Å². The Balaban J connectivity index is 1.77. The minimum absolute atomic E-state index is 0.0578. The number of sulfonamides is 1. The predicted molar refractivity (Wildman–Crippen MR) is 113 cm³/mol.